The summed E-state index contributed by atoms with van der Waals surface area (Å²) in [5.74, 6) is 0.794. The van der Waals surface area contributed by atoms with Crippen LogP contribution in [0.15, 0.2) is 12.7 Å². The third-order valence-corrected chi connectivity index (χ3v) is 4.02. The second-order valence-electron chi connectivity index (χ2n) is 6.06. The lowest BCUT2D eigenvalue weighted by Gasteiger charge is -2.39. The molecule has 0 unspecified atom stereocenters. The summed E-state index contributed by atoms with van der Waals surface area (Å²) in [6.45, 7) is 17.1. The third kappa shape index (κ3) is 4.81. The molecule has 0 aromatic rings. The van der Waals surface area contributed by atoms with Gasteiger partial charge in [-0.1, -0.05) is 19.9 Å². The summed E-state index contributed by atoms with van der Waals surface area (Å²) in [6.07, 6.45) is 5.06. The number of hydrogen-bond donors (Lipinski definition) is 0. The zero-order chi connectivity index (χ0) is 12.9. The summed E-state index contributed by atoms with van der Waals surface area (Å²) < 4.78 is 5.60. The Hall–Kier alpha value is -0.340. The van der Waals surface area contributed by atoms with Gasteiger partial charge in [0.05, 0.1) is 12.7 Å². The Labute approximate surface area is 107 Å². The summed E-state index contributed by atoms with van der Waals surface area (Å²) >= 11 is 0. The molecule has 17 heavy (non-hydrogen) atoms. The molecule has 1 fully saturated rings. The largest absolute Gasteiger partial charge is 0.377 e. The van der Waals surface area contributed by atoms with Crippen molar-refractivity contribution < 1.29 is 4.74 Å². The molecular formula is C15H29NO. The number of piperidine rings is 1. The molecule has 2 nitrogen and oxygen atoms in total. The van der Waals surface area contributed by atoms with E-state index in [2.05, 4.69) is 45.2 Å². The van der Waals surface area contributed by atoms with Crippen molar-refractivity contribution in [3.8, 4) is 0 Å². The first-order valence-corrected chi connectivity index (χ1v) is 6.93. The highest BCUT2D eigenvalue weighted by molar-refractivity contribution is 4.94. The van der Waals surface area contributed by atoms with Crippen LogP contribution in [0.2, 0.25) is 0 Å². The first-order valence-electron chi connectivity index (χ1n) is 6.93. The maximum Gasteiger partial charge on any atom is 0.0596 e. The molecule has 1 aliphatic heterocycles. The molecule has 2 heteroatoms. The fourth-order valence-electron chi connectivity index (χ4n) is 2.48. The third-order valence-electron chi connectivity index (χ3n) is 4.02. The first kappa shape index (κ1) is 14.7. The van der Waals surface area contributed by atoms with Gasteiger partial charge in [0.25, 0.3) is 0 Å². The summed E-state index contributed by atoms with van der Waals surface area (Å²) in [5.41, 5.74) is 0.292. The average Bonchev–Trinajstić information content (AvgIpc) is 2.29. The topological polar surface area (TPSA) is 12.5 Å². The summed E-state index contributed by atoms with van der Waals surface area (Å²) in [5, 5.41) is 0. The maximum absolute atomic E-state index is 5.60. The lowest BCUT2D eigenvalue weighted by atomic mass is 9.74. The Bertz CT molecular complexity index is 227. The molecule has 1 rings (SSSR count). The van der Waals surface area contributed by atoms with Gasteiger partial charge in [-0.05, 0) is 51.1 Å². The van der Waals surface area contributed by atoms with Crippen LogP contribution in [0.4, 0.5) is 0 Å². The number of likely N-dealkylation sites (tertiary alicyclic amines) is 1. The van der Waals surface area contributed by atoms with Crippen molar-refractivity contribution in [1.29, 1.82) is 0 Å². The quantitative estimate of drug-likeness (QED) is 0.659. The number of nitrogens with zero attached hydrogens (tertiary/aromatic N) is 1. The van der Waals surface area contributed by atoms with Gasteiger partial charge in [0.2, 0.25) is 0 Å². The van der Waals surface area contributed by atoms with Gasteiger partial charge in [0.1, 0.15) is 0 Å². The molecule has 0 bridgehead atoms. The minimum absolute atomic E-state index is 0.292. The van der Waals surface area contributed by atoms with Crippen LogP contribution in [0.25, 0.3) is 0 Å². The standard InChI is InChI=1S/C15H29NO/c1-6-15(4,5)14-7-9-16(10-8-14)11-12-17-13(2)3/h6,13-14H,1,7-12H2,2-5H3. The van der Waals surface area contributed by atoms with Gasteiger partial charge < -0.3 is 9.64 Å². The molecule has 0 aromatic heterocycles. The highest BCUT2D eigenvalue weighted by Gasteiger charge is 2.29. The van der Waals surface area contributed by atoms with E-state index < -0.39 is 0 Å². The van der Waals surface area contributed by atoms with Crippen molar-refractivity contribution in [1.82, 2.24) is 4.90 Å². The average molecular weight is 239 g/mol. The van der Waals surface area contributed by atoms with E-state index in [-0.39, 0.29) is 0 Å². The van der Waals surface area contributed by atoms with Gasteiger partial charge in [-0.25, -0.2) is 0 Å². The molecule has 0 saturated carbocycles. The van der Waals surface area contributed by atoms with E-state index in [1.54, 1.807) is 0 Å². The molecule has 0 aromatic carbocycles. The van der Waals surface area contributed by atoms with Crippen LogP contribution < -0.4 is 0 Å². The minimum Gasteiger partial charge on any atom is -0.377 e. The Kier molecular flexibility index (Phi) is 5.68. The molecule has 100 valence electrons. The normalized spacial score (nSPS) is 19.8. The Balaban J connectivity index is 2.24. The molecule has 0 aliphatic carbocycles. The zero-order valence-corrected chi connectivity index (χ0v) is 12.0. The van der Waals surface area contributed by atoms with Gasteiger partial charge in [0, 0.05) is 6.54 Å². The number of allylic oxidation sites excluding steroid dienone is 1. The van der Waals surface area contributed by atoms with E-state index in [1.165, 1.54) is 25.9 Å². The smallest absolute Gasteiger partial charge is 0.0596 e. The van der Waals surface area contributed by atoms with Gasteiger partial charge >= 0.3 is 0 Å². The van der Waals surface area contributed by atoms with E-state index in [1.807, 2.05) is 0 Å². The number of rotatable bonds is 6. The molecule has 1 aliphatic rings. The van der Waals surface area contributed by atoms with Gasteiger partial charge in [-0.3, -0.25) is 0 Å². The zero-order valence-electron chi connectivity index (χ0n) is 12.0. The molecule has 0 atom stereocenters. The van der Waals surface area contributed by atoms with Gasteiger partial charge in [0.15, 0.2) is 0 Å². The van der Waals surface area contributed by atoms with Crippen LogP contribution in [0.5, 0.6) is 0 Å². The van der Waals surface area contributed by atoms with E-state index in [0.29, 0.717) is 11.5 Å². The molecule has 0 amide bonds. The monoisotopic (exact) mass is 239 g/mol. The second kappa shape index (κ2) is 6.55. The van der Waals surface area contributed by atoms with E-state index in [9.17, 15) is 0 Å². The van der Waals surface area contributed by atoms with E-state index in [4.69, 9.17) is 4.74 Å². The SMILES string of the molecule is C=CC(C)(C)C1CCN(CCOC(C)C)CC1. The van der Waals surface area contributed by atoms with Crippen molar-refractivity contribution in [2.24, 2.45) is 11.3 Å². The summed E-state index contributed by atoms with van der Waals surface area (Å²) in [6, 6.07) is 0. The van der Waals surface area contributed by atoms with Crippen LogP contribution in [0.1, 0.15) is 40.5 Å². The lowest BCUT2D eigenvalue weighted by molar-refractivity contribution is 0.0445. The van der Waals surface area contributed by atoms with Gasteiger partial charge in [-0.15, -0.1) is 6.58 Å². The Morgan fingerprint density at radius 1 is 1.35 bits per heavy atom. The highest BCUT2D eigenvalue weighted by atomic mass is 16.5. The second-order valence-corrected chi connectivity index (χ2v) is 6.06. The number of hydrogen-bond acceptors (Lipinski definition) is 2. The fourth-order valence-corrected chi connectivity index (χ4v) is 2.48. The summed E-state index contributed by atoms with van der Waals surface area (Å²) in [7, 11) is 0. The van der Waals surface area contributed by atoms with E-state index in [0.717, 1.165) is 19.1 Å². The van der Waals surface area contributed by atoms with Crippen molar-refractivity contribution in [2.45, 2.75) is 46.6 Å². The molecule has 0 spiro atoms. The van der Waals surface area contributed by atoms with E-state index >= 15 is 0 Å². The first-order chi connectivity index (χ1) is 7.95. The molecule has 0 radical (unpaired) electrons. The van der Waals surface area contributed by atoms with Crippen LogP contribution in [-0.4, -0.2) is 37.2 Å². The maximum atomic E-state index is 5.60. The van der Waals surface area contributed by atoms with Crippen LogP contribution >= 0.6 is 0 Å². The Morgan fingerprint density at radius 3 is 2.41 bits per heavy atom. The van der Waals surface area contributed by atoms with Crippen molar-refractivity contribution in [3.05, 3.63) is 12.7 Å². The lowest BCUT2D eigenvalue weighted by Crippen LogP contribution is -2.39. The van der Waals surface area contributed by atoms with Crippen molar-refractivity contribution in [2.75, 3.05) is 26.2 Å². The predicted octanol–water partition coefficient (Wildman–Crippen LogP) is 3.34. The molecule has 1 saturated heterocycles. The molecule has 1 heterocycles. The van der Waals surface area contributed by atoms with Crippen LogP contribution in [-0.2, 0) is 4.74 Å². The van der Waals surface area contributed by atoms with Crippen LogP contribution in [0, 0.1) is 11.3 Å². The molecule has 0 N–H and O–H groups in total. The molecular weight excluding hydrogens is 210 g/mol. The van der Waals surface area contributed by atoms with Crippen molar-refractivity contribution >= 4 is 0 Å². The minimum atomic E-state index is 0.292. The number of ether oxygens (including phenoxy) is 1. The van der Waals surface area contributed by atoms with Crippen LogP contribution in [0.3, 0.4) is 0 Å². The van der Waals surface area contributed by atoms with Crippen molar-refractivity contribution in [3.63, 3.8) is 0 Å². The van der Waals surface area contributed by atoms with Gasteiger partial charge in [-0.2, -0.15) is 0 Å². The Morgan fingerprint density at radius 2 is 1.94 bits per heavy atom. The fraction of sp³-hybridized carbons (Fsp3) is 0.867. The highest BCUT2D eigenvalue weighted by Crippen LogP contribution is 2.35. The summed E-state index contributed by atoms with van der Waals surface area (Å²) in [4.78, 5) is 2.53. The predicted molar refractivity (Wildman–Crippen MR) is 74.2 cm³/mol.